The number of carbonyl (C=O) groups is 3. The van der Waals surface area contributed by atoms with Gasteiger partial charge in [0.2, 0.25) is 17.7 Å². The highest BCUT2D eigenvalue weighted by Crippen LogP contribution is 2.20. The highest BCUT2D eigenvalue weighted by molar-refractivity contribution is 5.91. The molecule has 0 radical (unpaired) electrons. The molecule has 0 aromatic rings. The molecule has 102 valence electrons. The minimum atomic E-state index is -0.605. The van der Waals surface area contributed by atoms with Gasteiger partial charge in [-0.1, -0.05) is 6.92 Å². The van der Waals surface area contributed by atoms with Gasteiger partial charge < -0.3 is 15.5 Å². The van der Waals surface area contributed by atoms with E-state index in [9.17, 15) is 14.4 Å². The molecule has 18 heavy (non-hydrogen) atoms. The lowest BCUT2D eigenvalue weighted by Crippen LogP contribution is -2.52. The summed E-state index contributed by atoms with van der Waals surface area (Å²) in [4.78, 5) is 37.9. The zero-order valence-corrected chi connectivity index (χ0v) is 11.2. The molecule has 1 fully saturated rings. The van der Waals surface area contributed by atoms with Crippen LogP contribution in [0.4, 0.5) is 0 Å². The number of carbonyl (C=O) groups excluding carboxylic acids is 3. The van der Waals surface area contributed by atoms with Crippen molar-refractivity contribution in [1.82, 2.24) is 9.80 Å². The number of amides is 3. The van der Waals surface area contributed by atoms with Gasteiger partial charge in [-0.2, -0.15) is 0 Å². The summed E-state index contributed by atoms with van der Waals surface area (Å²) < 4.78 is 0. The molecule has 1 heterocycles. The topological polar surface area (TPSA) is 83.7 Å². The number of likely N-dealkylation sites (tertiary alicyclic amines) is 1. The minimum Gasteiger partial charge on any atom is -0.368 e. The lowest BCUT2D eigenvalue weighted by atomic mass is 10.1. The fourth-order valence-corrected chi connectivity index (χ4v) is 2.45. The van der Waals surface area contributed by atoms with Gasteiger partial charge in [-0.15, -0.1) is 0 Å². The summed E-state index contributed by atoms with van der Waals surface area (Å²) in [6, 6.07) is -1.05. The van der Waals surface area contributed by atoms with Crippen molar-refractivity contribution in [1.29, 1.82) is 0 Å². The maximum Gasteiger partial charge on any atom is 0.245 e. The number of rotatable bonds is 4. The van der Waals surface area contributed by atoms with Crippen molar-refractivity contribution in [3.8, 4) is 0 Å². The number of likely N-dealkylation sites (N-methyl/N-ethyl adjacent to an activating group) is 1. The fraction of sp³-hybridized carbons (Fsp3) is 0.750. The van der Waals surface area contributed by atoms with Crippen LogP contribution in [0.15, 0.2) is 0 Å². The van der Waals surface area contributed by atoms with Crippen molar-refractivity contribution in [3.63, 3.8) is 0 Å². The van der Waals surface area contributed by atoms with Gasteiger partial charge in [0.05, 0.1) is 0 Å². The summed E-state index contributed by atoms with van der Waals surface area (Å²) in [5.41, 5.74) is 5.27. The smallest absolute Gasteiger partial charge is 0.245 e. The predicted molar refractivity (Wildman–Crippen MR) is 66.5 cm³/mol. The summed E-state index contributed by atoms with van der Waals surface area (Å²) >= 11 is 0. The van der Waals surface area contributed by atoms with E-state index in [0.717, 1.165) is 6.42 Å². The van der Waals surface area contributed by atoms with Crippen molar-refractivity contribution in [2.75, 3.05) is 13.6 Å². The molecule has 0 spiro atoms. The Morgan fingerprint density at radius 3 is 2.50 bits per heavy atom. The van der Waals surface area contributed by atoms with Crippen LogP contribution in [-0.2, 0) is 14.4 Å². The van der Waals surface area contributed by atoms with Crippen molar-refractivity contribution < 1.29 is 14.4 Å². The Balaban J connectivity index is 2.80. The number of hydrogen-bond acceptors (Lipinski definition) is 3. The second-order valence-corrected chi connectivity index (χ2v) is 4.65. The molecule has 2 N–H and O–H groups in total. The van der Waals surface area contributed by atoms with Gasteiger partial charge in [-0.3, -0.25) is 14.4 Å². The first-order valence-electron chi connectivity index (χ1n) is 6.23. The standard InChI is InChI=1S/C12H21N3O3/c1-4-9(11(13)17)14(3)12(18)10-6-5-7-15(10)8(2)16/h9-10H,4-7H2,1-3H3,(H2,13,17)/t9?,10-/m0/s1. The second kappa shape index (κ2) is 5.84. The average molecular weight is 255 g/mol. The molecule has 0 aliphatic carbocycles. The van der Waals surface area contributed by atoms with Gasteiger partial charge in [0.1, 0.15) is 12.1 Å². The van der Waals surface area contributed by atoms with Gasteiger partial charge in [0.15, 0.2) is 0 Å². The maximum absolute atomic E-state index is 12.3. The first-order valence-corrected chi connectivity index (χ1v) is 6.23. The Kier molecular flexibility index (Phi) is 4.69. The van der Waals surface area contributed by atoms with Crippen LogP contribution in [0.5, 0.6) is 0 Å². The summed E-state index contributed by atoms with van der Waals surface area (Å²) in [5.74, 6) is -0.819. The van der Waals surface area contributed by atoms with Crippen LogP contribution in [0.2, 0.25) is 0 Å². The first-order chi connectivity index (χ1) is 8.40. The summed E-state index contributed by atoms with van der Waals surface area (Å²) in [7, 11) is 1.57. The Bertz CT molecular complexity index is 356. The van der Waals surface area contributed by atoms with E-state index in [1.807, 2.05) is 0 Å². The van der Waals surface area contributed by atoms with E-state index in [2.05, 4.69) is 0 Å². The van der Waals surface area contributed by atoms with Crippen LogP contribution >= 0.6 is 0 Å². The molecule has 0 saturated carbocycles. The van der Waals surface area contributed by atoms with Crippen molar-refractivity contribution >= 4 is 17.7 Å². The molecule has 3 amide bonds. The van der Waals surface area contributed by atoms with Crippen LogP contribution < -0.4 is 5.73 Å². The van der Waals surface area contributed by atoms with Gasteiger partial charge >= 0.3 is 0 Å². The van der Waals surface area contributed by atoms with E-state index in [-0.39, 0.29) is 11.8 Å². The Morgan fingerprint density at radius 2 is 2.06 bits per heavy atom. The van der Waals surface area contributed by atoms with E-state index < -0.39 is 18.0 Å². The molecule has 1 unspecified atom stereocenters. The normalized spacial score (nSPS) is 20.6. The number of hydrogen-bond donors (Lipinski definition) is 1. The lowest BCUT2D eigenvalue weighted by molar-refractivity contribution is -0.145. The third-order valence-electron chi connectivity index (χ3n) is 3.47. The molecule has 6 nitrogen and oxygen atoms in total. The monoisotopic (exact) mass is 255 g/mol. The third-order valence-corrected chi connectivity index (χ3v) is 3.47. The molecule has 1 aliphatic heterocycles. The third kappa shape index (κ3) is 2.80. The zero-order chi connectivity index (χ0) is 13.9. The highest BCUT2D eigenvalue weighted by Gasteiger charge is 2.36. The van der Waals surface area contributed by atoms with Gasteiger partial charge in [-0.25, -0.2) is 0 Å². The number of nitrogens with zero attached hydrogens (tertiary/aromatic N) is 2. The van der Waals surface area contributed by atoms with E-state index in [4.69, 9.17) is 5.73 Å². The molecule has 1 saturated heterocycles. The van der Waals surface area contributed by atoms with Crippen LogP contribution in [-0.4, -0.2) is 53.2 Å². The summed E-state index contributed by atoms with van der Waals surface area (Å²) in [5, 5.41) is 0. The van der Waals surface area contributed by atoms with E-state index in [1.54, 1.807) is 18.9 Å². The first kappa shape index (κ1) is 14.5. The zero-order valence-electron chi connectivity index (χ0n) is 11.2. The van der Waals surface area contributed by atoms with E-state index in [0.29, 0.717) is 19.4 Å². The fourth-order valence-electron chi connectivity index (χ4n) is 2.45. The molecule has 6 heteroatoms. The molecular weight excluding hydrogens is 234 g/mol. The van der Waals surface area contributed by atoms with Crippen LogP contribution in [0.1, 0.15) is 33.1 Å². The largest absolute Gasteiger partial charge is 0.368 e. The lowest BCUT2D eigenvalue weighted by Gasteiger charge is -2.30. The quantitative estimate of drug-likeness (QED) is 0.750. The predicted octanol–water partition coefficient (Wildman–Crippen LogP) is -0.280. The van der Waals surface area contributed by atoms with Crippen LogP contribution in [0, 0.1) is 0 Å². The molecule has 2 atom stereocenters. The van der Waals surface area contributed by atoms with Crippen molar-refractivity contribution in [3.05, 3.63) is 0 Å². The van der Waals surface area contributed by atoms with Gasteiger partial charge in [0, 0.05) is 20.5 Å². The van der Waals surface area contributed by atoms with Gasteiger partial charge in [-0.05, 0) is 19.3 Å². The van der Waals surface area contributed by atoms with Crippen LogP contribution in [0.25, 0.3) is 0 Å². The molecular formula is C12H21N3O3. The van der Waals surface area contributed by atoms with E-state index >= 15 is 0 Å². The number of primary amides is 1. The number of nitrogens with two attached hydrogens (primary N) is 1. The molecule has 1 rings (SSSR count). The minimum absolute atomic E-state index is 0.105. The van der Waals surface area contributed by atoms with Crippen molar-refractivity contribution in [2.24, 2.45) is 5.73 Å². The molecule has 0 aromatic heterocycles. The highest BCUT2D eigenvalue weighted by atomic mass is 16.2. The Morgan fingerprint density at radius 1 is 1.44 bits per heavy atom. The Hall–Kier alpha value is -1.59. The summed E-state index contributed by atoms with van der Waals surface area (Å²) in [6.07, 6.45) is 1.94. The van der Waals surface area contributed by atoms with Gasteiger partial charge in [0.25, 0.3) is 0 Å². The maximum atomic E-state index is 12.3. The van der Waals surface area contributed by atoms with E-state index in [1.165, 1.54) is 11.8 Å². The molecule has 0 aromatic carbocycles. The average Bonchev–Trinajstić information content (AvgIpc) is 2.77. The van der Waals surface area contributed by atoms with Crippen molar-refractivity contribution in [2.45, 2.75) is 45.2 Å². The summed E-state index contributed by atoms with van der Waals surface area (Å²) in [6.45, 7) is 3.86. The second-order valence-electron chi connectivity index (χ2n) is 4.65. The molecule has 1 aliphatic rings. The molecule has 0 bridgehead atoms. The van der Waals surface area contributed by atoms with Crippen LogP contribution in [0.3, 0.4) is 0 Å². The Labute approximate surface area is 107 Å². The SMILES string of the molecule is CCC(C(N)=O)N(C)C(=O)[C@@H]1CCCN1C(C)=O.